The molecule has 1 aliphatic heterocycles. The standard InChI is InChI=1S/C20H34N6O5Si/c1-8-12-11(9-29-19(28)22-5)14(31-32(6,7)20(2,3)4)17(30-12)26-10-23-13-15(26)24-18(21)25-16(13)27/h10-12,14,17H,8-9H2,1-7H3,(H,22,28)(H3,21,24,25,27)/t11-,12-,14-,17-/m1/s1. The first kappa shape index (κ1) is 24.2. The van der Waals surface area contributed by atoms with Gasteiger partial charge >= 0.3 is 6.09 Å². The smallest absolute Gasteiger partial charge is 0.406 e. The van der Waals surface area contributed by atoms with E-state index < -0.39 is 32.3 Å². The summed E-state index contributed by atoms with van der Waals surface area (Å²) in [6, 6.07) is 0. The van der Waals surface area contributed by atoms with Gasteiger partial charge in [0, 0.05) is 13.0 Å². The van der Waals surface area contributed by atoms with E-state index in [2.05, 4.69) is 54.1 Å². The first-order valence-electron chi connectivity index (χ1n) is 10.8. The number of anilines is 1. The van der Waals surface area contributed by atoms with Crippen LogP contribution < -0.4 is 16.6 Å². The SMILES string of the molecule is CC[C@H]1O[C@@H](n2cnc3c(=O)[nH]c(N)nc32)[C@H](O[Si](C)(C)C(C)(C)C)[C@@H]1COC(=O)NC. The first-order valence-corrected chi connectivity index (χ1v) is 13.7. The summed E-state index contributed by atoms with van der Waals surface area (Å²) in [7, 11) is -0.729. The summed E-state index contributed by atoms with van der Waals surface area (Å²) < 4.78 is 20.4. The van der Waals surface area contributed by atoms with E-state index in [1.807, 2.05) is 6.92 Å². The fourth-order valence-corrected chi connectivity index (χ4v) is 4.97. The van der Waals surface area contributed by atoms with Crippen molar-refractivity contribution in [2.75, 3.05) is 19.4 Å². The van der Waals surface area contributed by atoms with Gasteiger partial charge in [-0.05, 0) is 24.6 Å². The van der Waals surface area contributed by atoms with Crippen LogP contribution in [0.4, 0.5) is 10.7 Å². The largest absolute Gasteiger partial charge is 0.449 e. The van der Waals surface area contributed by atoms with Crippen molar-refractivity contribution in [1.82, 2.24) is 24.8 Å². The van der Waals surface area contributed by atoms with Crippen molar-refractivity contribution < 1.29 is 18.7 Å². The molecule has 0 aliphatic carbocycles. The minimum Gasteiger partial charge on any atom is -0.449 e. The lowest BCUT2D eigenvalue weighted by molar-refractivity contribution is -0.0322. The van der Waals surface area contributed by atoms with Crippen LogP contribution in [0.25, 0.3) is 11.2 Å². The number of amides is 1. The molecule has 0 spiro atoms. The van der Waals surface area contributed by atoms with Crippen molar-refractivity contribution >= 4 is 31.5 Å². The van der Waals surface area contributed by atoms with E-state index >= 15 is 0 Å². The van der Waals surface area contributed by atoms with Crippen LogP contribution in [0.2, 0.25) is 18.1 Å². The van der Waals surface area contributed by atoms with E-state index in [-0.39, 0.29) is 35.1 Å². The molecule has 0 bridgehead atoms. The van der Waals surface area contributed by atoms with Crippen molar-refractivity contribution in [3.8, 4) is 0 Å². The molecule has 0 unspecified atom stereocenters. The van der Waals surface area contributed by atoms with Crippen LogP contribution in [-0.4, -0.2) is 59.8 Å². The second-order valence-corrected chi connectivity index (χ2v) is 14.4. The molecule has 0 radical (unpaired) electrons. The molecule has 3 heterocycles. The molecule has 3 rings (SSSR count). The summed E-state index contributed by atoms with van der Waals surface area (Å²) in [6.45, 7) is 12.9. The Morgan fingerprint density at radius 1 is 1.41 bits per heavy atom. The Morgan fingerprint density at radius 3 is 2.69 bits per heavy atom. The van der Waals surface area contributed by atoms with Gasteiger partial charge in [-0.1, -0.05) is 27.7 Å². The Hall–Kier alpha value is -2.44. The summed E-state index contributed by atoms with van der Waals surface area (Å²) in [4.78, 5) is 35.1. The second-order valence-electron chi connectivity index (χ2n) is 9.60. The highest BCUT2D eigenvalue weighted by Gasteiger charge is 2.51. The maximum absolute atomic E-state index is 12.3. The van der Waals surface area contributed by atoms with E-state index in [9.17, 15) is 9.59 Å². The maximum atomic E-state index is 12.3. The number of rotatable bonds is 6. The van der Waals surface area contributed by atoms with Crippen LogP contribution in [-0.2, 0) is 13.9 Å². The third-order valence-electron chi connectivity index (χ3n) is 6.47. The number of nitrogens with zero attached hydrogens (tertiary/aromatic N) is 3. The molecule has 1 saturated heterocycles. The lowest BCUT2D eigenvalue weighted by atomic mass is 9.97. The van der Waals surface area contributed by atoms with Gasteiger partial charge in [0.25, 0.3) is 5.56 Å². The quantitative estimate of drug-likeness (QED) is 0.550. The molecular formula is C20H34N6O5Si. The molecule has 2 aromatic heterocycles. The molecule has 4 N–H and O–H groups in total. The summed E-state index contributed by atoms with van der Waals surface area (Å²) >= 11 is 0. The molecular weight excluding hydrogens is 432 g/mol. The van der Waals surface area contributed by atoms with Crippen LogP contribution in [0, 0.1) is 5.92 Å². The van der Waals surface area contributed by atoms with E-state index in [4.69, 9.17) is 19.6 Å². The normalized spacial score (nSPS) is 24.1. The van der Waals surface area contributed by atoms with Crippen LogP contribution in [0.3, 0.4) is 0 Å². The van der Waals surface area contributed by atoms with E-state index in [1.165, 1.54) is 13.4 Å². The zero-order valence-electron chi connectivity index (χ0n) is 19.8. The zero-order chi connectivity index (χ0) is 23.8. The molecule has 0 saturated carbocycles. The van der Waals surface area contributed by atoms with Gasteiger partial charge in [-0.2, -0.15) is 4.98 Å². The number of alkyl carbamates (subject to hydrolysis) is 1. The number of nitrogens with one attached hydrogen (secondary N) is 2. The van der Waals surface area contributed by atoms with Crippen molar-refractivity contribution in [3.63, 3.8) is 0 Å². The Balaban J connectivity index is 2.07. The topological polar surface area (TPSA) is 146 Å². The van der Waals surface area contributed by atoms with Crippen molar-refractivity contribution in [2.24, 2.45) is 5.92 Å². The molecule has 32 heavy (non-hydrogen) atoms. The Kier molecular flexibility index (Phi) is 6.68. The minimum atomic E-state index is -2.25. The van der Waals surface area contributed by atoms with Crippen LogP contribution >= 0.6 is 0 Å². The second kappa shape index (κ2) is 8.83. The zero-order valence-corrected chi connectivity index (χ0v) is 20.8. The van der Waals surface area contributed by atoms with Gasteiger partial charge in [0.05, 0.1) is 18.5 Å². The van der Waals surface area contributed by atoms with Gasteiger partial charge in [0.1, 0.15) is 6.61 Å². The number of carbonyl (C=O) groups is 1. The fraction of sp³-hybridized carbons (Fsp3) is 0.700. The number of hydrogen-bond donors (Lipinski definition) is 3. The van der Waals surface area contributed by atoms with Gasteiger partial charge in [0.15, 0.2) is 25.7 Å². The third kappa shape index (κ3) is 4.52. The van der Waals surface area contributed by atoms with Crippen LogP contribution in [0.5, 0.6) is 0 Å². The highest BCUT2D eigenvalue weighted by Crippen LogP contribution is 2.45. The van der Waals surface area contributed by atoms with E-state index in [0.717, 1.165) is 0 Å². The van der Waals surface area contributed by atoms with Gasteiger partial charge in [-0.3, -0.25) is 14.3 Å². The van der Waals surface area contributed by atoms with Crippen LogP contribution in [0.15, 0.2) is 11.1 Å². The number of carbonyl (C=O) groups excluding carboxylic acids is 1. The fourth-order valence-electron chi connectivity index (χ4n) is 3.64. The predicted molar refractivity (Wildman–Crippen MR) is 123 cm³/mol. The summed E-state index contributed by atoms with van der Waals surface area (Å²) in [6.07, 6.45) is 0.433. The van der Waals surface area contributed by atoms with E-state index in [0.29, 0.717) is 12.1 Å². The van der Waals surface area contributed by atoms with Crippen molar-refractivity contribution in [2.45, 2.75) is 70.7 Å². The number of H-pyrrole nitrogens is 1. The number of imidazole rings is 1. The third-order valence-corrected chi connectivity index (χ3v) is 10.9. The van der Waals surface area contributed by atoms with Crippen molar-refractivity contribution in [3.05, 3.63) is 16.7 Å². The van der Waals surface area contributed by atoms with E-state index in [1.54, 1.807) is 4.57 Å². The van der Waals surface area contributed by atoms with Gasteiger partial charge < -0.3 is 25.0 Å². The molecule has 1 amide bonds. The number of fused-ring (bicyclic) bond motifs is 1. The Labute approximate surface area is 188 Å². The average molecular weight is 467 g/mol. The monoisotopic (exact) mass is 466 g/mol. The lowest BCUT2D eigenvalue weighted by Gasteiger charge is -2.40. The summed E-state index contributed by atoms with van der Waals surface area (Å²) in [5, 5.41) is 2.42. The number of aromatic amines is 1. The van der Waals surface area contributed by atoms with Gasteiger partial charge in [-0.15, -0.1) is 0 Å². The lowest BCUT2D eigenvalue weighted by Crippen LogP contribution is -2.48. The highest BCUT2D eigenvalue weighted by atomic mass is 28.4. The number of aromatic nitrogens is 4. The molecule has 11 nitrogen and oxygen atoms in total. The molecule has 12 heteroatoms. The molecule has 1 fully saturated rings. The molecule has 1 aliphatic rings. The molecule has 4 atom stereocenters. The molecule has 2 aromatic rings. The highest BCUT2D eigenvalue weighted by molar-refractivity contribution is 6.74. The van der Waals surface area contributed by atoms with Crippen LogP contribution in [0.1, 0.15) is 40.3 Å². The van der Waals surface area contributed by atoms with Crippen molar-refractivity contribution in [1.29, 1.82) is 0 Å². The average Bonchev–Trinajstić information content (AvgIpc) is 3.26. The van der Waals surface area contributed by atoms with Gasteiger partial charge in [-0.25, -0.2) is 9.78 Å². The number of nitrogen functional groups attached to an aromatic ring is 1. The predicted octanol–water partition coefficient (Wildman–Crippen LogP) is 2.37. The molecule has 178 valence electrons. The summed E-state index contributed by atoms with van der Waals surface area (Å²) in [5.41, 5.74) is 5.86. The Morgan fingerprint density at radius 2 is 2.09 bits per heavy atom. The maximum Gasteiger partial charge on any atom is 0.406 e. The van der Waals surface area contributed by atoms with Gasteiger partial charge in [0.2, 0.25) is 5.95 Å². The number of nitrogens with two attached hydrogens (primary N) is 1. The first-order chi connectivity index (χ1) is 14.9. The number of ether oxygens (including phenoxy) is 2. The minimum absolute atomic E-state index is 0.00402. The Bertz CT molecular complexity index is 1030. The number of hydrogen-bond acceptors (Lipinski definition) is 8. The molecule has 0 aromatic carbocycles. The summed E-state index contributed by atoms with van der Waals surface area (Å²) in [5.74, 6) is -0.219.